The molecule has 3 nitrogen and oxygen atoms in total. The van der Waals surface area contributed by atoms with E-state index in [1.54, 1.807) is 6.92 Å². The summed E-state index contributed by atoms with van der Waals surface area (Å²) in [6, 6.07) is 12.6. The summed E-state index contributed by atoms with van der Waals surface area (Å²) in [6.07, 6.45) is 5.45. The molecular weight excluding hydrogens is 310 g/mol. The maximum absolute atomic E-state index is 13.2. The van der Waals surface area contributed by atoms with Crippen LogP contribution in [-0.2, 0) is 0 Å². The van der Waals surface area contributed by atoms with E-state index in [1.165, 1.54) is 19.3 Å². The van der Waals surface area contributed by atoms with Gasteiger partial charge in [-0.15, -0.1) is 0 Å². The second-order valence-electron chi connectivity index (χ2n) is 7.75. The summed E-state index contributed by atoms with van der Waals surface area (Å²) >= 11 is 0. The first-order chi connectivity index (χ1) is 12.1. The van der Waals surface area contributed by atoms with E-state index in [2.05, 4.69) is 4.90 Å². The molecule has 0 amide bonds. The van der Waals surface area contributed by atoms with Crippen LogP contribution in [0, 0.1) is 5.92 Å². The van der Waals surface area contributed by atoms with E-state index >= 15 is 0 Å². The number of aliphatic hydroxyl groups is 1. The Balaban J connectivity index is 1.63. The zero-order valence-electron chi connectivity index (χ0n) is 14.9. The fraction of sp³-hybridized carbons (Fsp3) is 0.500. The second-order valence-corrected chi connectivity index (χ2v) is 7.75. The highest BCUT2D eigenvalue weighted by molar-refractivity contribution is 6.02. The maximum Gasteiger partial charge on any atom is 0.167 e. The van der Waals surface area contributed by atoms with Crippen LogP contribution in [-0.4, -0.2) is 34.9 Å². The van der Waals surface area contributed by atoms with Gasteiger partial charge < -0.3 is 5.11 Å². The minimum atomic E-state index is -0.574. The number of aliphatic hydroxyl groups excluding tert-OH is 1. The van der Waals surface area contributed by atoms with Gasteiger partial charge in [-0.3, -0.25) is 9.69 Å². The van der Waals surface area contributed by atoms with Crippen LogP contribution in [0.15, 0.2) is 36.4 Å². The van der Waals surface area contributed by atoms with Crippen LogP contribution in [0.2, 0.25) is 0 Å². The largest absolute Gasteiger partial charge is 0.389 e. The summed E-state index contributed by atoms with van der Waals surface area (Å²) in [6.45, 7) is 3.82. The van der Waals surface area contributed by atoms with Crippen molar-refractivity contribution in [1.82, 2.24) is 4.90 Å². The number of fused-ring (bicyclic) bond motifs is 1. The van der Waals surface area contributed by atoms with Crippen LogP contribution in [0.25, 0.3) is 10.8 Å². The fourth-order valence-electron chi connectivity index (χ4n) is 4.37. The van der Waals surface area contributed by atoms with Gasteiger partial charge in [0.25, 0.3) is 0 Å². The highest BCUT2D eigenvalue weighted by atomic mass is 16.3. The summed E-state index contributed by atoms with van der Waals surface area (Å²) in [4.78, 5) is 15.7. The minimum absolute atomic E-state index is 0.0948. The Bertz CT molecular complexity index is 779. The van der Waals surface area contributed by atoms with Gasteiger partial charge >= 0.3 is 0 Å². The Morgan fingerprint density at radius 1 is 1.16 bits per heavy atom. The molecular formula is C22H27NO2. The molecule has 1 N–H and O–H groups in total. The zero-order valence-corrected chi connectivity index (χ0v) is 14.9. The zero-order chi connectivity index (χ0) is 17.4. The second kappa shape index (κ2) is 6.89. The predicted molar refractivity (Wildman–Crippen MR) is 101 cm³/mol. The van der Waals surface area contributed by atoms with Crippen molar-refractivity contribution in [1.29, 1.82) is 0 Å². The van der Waals surface area contributed by atoms with Gasteiger partial charge in [-0.1, -0.05) is 30.7 Å². The van der Waals surface area contributed by atoms with Gasteiger partial charge in [0, 0.05) is 24.1 Å². The molecule has 1 aliphatic heterocycles. The fourth-order valence-corrected chi connectivity index (χ4v) is 4.37. The highest BCUT2D eigenvalue weighted by Gasteiger charge is 2.32. The molecule has 0 radical (unpaired) electrons. The van der Waals surface area contributed by atoms with Crippen molar-refractivity contribution < 1.29 is 9.90 Å². The molecule has 2 atom stereocenters. The SMILES string of the molecule is CC(O)c1cc(C(=O)C2CCCN(C3CCC3)C2)cc2ccccc12. The lowest BCUT2D eigenvalue weighted by Gasteiger charge is -2.42. The van der Waals surface area contributed by atoms with E-state index in [0.717, 1.165) is 47.8 Å². The molecule has 1 saturated carbocycles. The molecule has 1 heterocycles. The van der Waals surface area contributed by atoms with Crippen molar-refractivity contribution in [3.63, 3.8) is 0 Å². The molecule has 2 aromatic carbocycles. The first-order valence-electron chi connectivity index (χ1n) is 9.62. The Morgan fingerprint density at radius 3 is 2.68 bits per heavy atom. The number of hydrogen-bond acceptors (Lipinski definition) is 3. The number of Topliss-reactive ketones (excluding diaryl/α,β-unsaturated/α-hetero) is 1. The van der Waals surface area contributed by atoms with Gasteiger partial charge in [0.1, 0.15) is 0 Å². The highest BCUT2D eigenvalue weighted by Crippen LogP contribution is 2.32. The molecule has 2 aliphatic rings. The van der Waals surface area contributed by atoms with Crippen molar-refractivity contribution in [3.8, 4) is 0 Å². The Kier molecular flexibility index (Phi) is 4.61. The average Bonchev–Trinajstić information content (AvgIpc) is 2.58. The van der Waals surface area contributed by atoms with E-state index < -0.39 is 6.10 Å². The number of carbonyl (C=O) groups is 1. The first-order valence-corrected chi connectivity index (χ1v) is 9.62. The molecule has 0 bridgehead atoms. The van der Waals surface area contributed by atoms with E-state index in [0.29, 0.717) is 6.04 Å². The molecule has 0 spiro atoms. The van der Waals surface area contributed by atoms with Crippen LogP contribution in [0.4, 0.5) is 0 Å². The minimum Gasteiger partial charge on any atom is -0.389 e. The van der Waals surface area contributed by atoms with Gasteiger partial charge in [0.2, 0.25) is 0 Å². The van der Waals surface area contributed by atoms with Gasteiger partial charge in [-0.2, -0.15) is 0 Å². The smallest absolute Gasteiger partial charge is 0.167 e. The lowest BCUT2D eigenvalue weighted by Crippen LogP contribution is -2.47. The van der Waals surface area contributed by atoms with Crippen molar-refractivity contribution in [2.45, 2.75) is 51.2 Å². The molecule has 0 aromatic heterocycles. The molecule has 2 unspecified atom stereocenters. The van der Waals surface area contributed by atoms with Crippen molar-refractivity contribution >= 4 is 16.6 Å². The number of rotatable bonds is 4. The molecule has 2 aromatic rings. The van der Waals surface area contributed by atoms with Crippen molar-refractivity contribution in [3.05, 3.63) is 47.5 Å². The Morgan fingerprint density at radius 2 is 1.96 bits per heavy atom. The number of carbonyl (C=O) groups excluding carboxylic acids is 1. The Labute approximate surface area is 149 Å². The standard InChI is InChI=1S/C22H27NO2/c1-15(24)21-13-18(12-16-6-2-3-10-20(16)21)22(25)17-7-5-11-23(14-17)19-8-4-9-19/h2-3,6,10,12-13,15,17,19,24H,4-5,7-9,11,14H2,1H3. The summed E-state index contributed by atoms with van der Waals surface area (Å²) < 4.78 is 0. The van der Waals surface area contributed by atoms with E-state index in [4.69, 9.17) is 0 Å². The third-order valence-electron chi connectivity index (χ3n) is 6.04. The third kappa shape index (κ3) is 3.23. The number of ketones is 1. The summed E-state index contributed by atoms with van der Waals surface area (Å²) in [5.41, 5.74) is 1.61. The lowest BCUT2D eigenvalue weighted by atomic mass is 9.84. The quantitative estimate of drug-likeness (QED) is 0.844. The van der Waals surface area contributed by atoms with E-state index in [-0.39, 0.29) is 11.7 Å². The predicted octanol–water partition coefficient (Wildman–Crippen LogP) is 4.34. The normalized spacial score (nSPS) is 23.4. The topological polar surface area (TPSA) is 40.5 Å². The molecule has 25 heavy (non-hydrogen) atoms. The first kappa shape index (κ1) is 16.7. The maximum atomic E-state index is 13.2. The van der Waals surface area contributed by atoms with Crippen molar-refractivity contribution in [2.24, 2.45) is 5.92 Å². The summed E-state index contributed by atoms with van der Waals surface area (Å²) in [5, 5.41) is 12.2. The summed E-state index contributed by atoms with van der Waals surface area (Å²) in [5.74, 6) is 0.342. The van der Waals surface area contributed by atoms with Crippen LogP contribution in [0.5, 0.6) is 0 Å². The van der Waals surface area contributed by atoms with Crippen LogP contribution in [0.3, 0.4) is 0 Å². The van der Waals surface area contributed by atoms with Crippen LogP contribution >= 0.6 is 0 Å². The number of nitrogens with zero attached hydrogens (tertiary/aromatic N) is 1. The molecule has 3 heteroatoms. The molecule has 132 valence electrons. The third-order valence-corrected chi connectivity index (χ3v) is 6.04. The summed E-state index contributed by atoms with van der Waals surface area (Å²) in [7, 11) is 0. The Hall–Kier alpha value is -1.71. The number of hydrogen-bond donors (Lipinski definition) is 1. The van der Waals surface area contributed by atoms with E-state index in [9.17, 15) is 9.90 Å². The van der Waals surface area contributed by atoms with Gasteiger partial charge in [0.15, 0.2) is 5.78 Å². The lowest BCUT2D eigenvalue weighted by molar-refractivity contribution is 0.0612. The molecule has 4 rings (SSSR count). The monoisotopic (exact) mass is 337 g/mol. The van der Waals surface area contributed by atoms with Crippen molar-refractivity contribution in [2.75, 3.05) is 13.1 Å². The molecule has 1 saturated heterocycles. The van der Waals surface area contributed by atoms with Gasteiger partial charge in [0.05, 0.1) is 6.10 Å². The number of piperidine rings is 1. The molecule has 1 aliphatic carbocycles. The van der Waals surface area contributed by atoms with Gasteiger partial charge in [-0.25, -0.2) is 0 Å². The van der Waals surface area contributed by atoms with Crippen LogP contribution in [0.1, 0.15) is 61.1 Å². The number of benzene rings is 2. The van der Waals surface area contributed by atoms with E-state index in [1.807, 2.05) is 36.4 Å². The van der Waals surface area contributed by atoms with Gasteiger partial charge in [-0.05, 0) is 67.6 Å². The molecule has 2 fully saturated rings. The van der Waals surface area contributed by atoms with Crippen LogP contribution < -0.4 is 0 Å². The average molecular weight is 337 g/mol. The number of likely N-dealkylation sites (tertiary alicyclic amines) is 1.